The highest BCUT2D eigenvalue weighted by atomic mass is 35.7. The van der Waals surface area contributed by atoms with E-state index in [0.29, 0.717) is 0 Å². The van der Waals surface area contributed by atoms with Crippen molar-refractivity contribution in [2.24, 2.45) is 7.05 Å². The van der Waals surface area contributed by atoms with Gasteiger partial charge in [-0.3, -0.25) is 14.8 Å². The standard InChI is InChI=1S/C7H10ClN3O6S2/c1-5-6(11(12)13)7(10(2)9-5)18(14,15)3-4-19(8,16)17/h3-4H2,1-2H3. The van der Waals surface area contributed by atoms with Gasteiger partial charge in [0.1, 0.15) is 5.69 Å². The van der Waals surface area contributed by atoms with Gasteiger partial charge in [0.15, 0.2) is 0 Å². The van der Waals surface area contributed by atoms with E-state index in [2.05, 4.69) is 5.10 Å². The normalized spacial score (nSPS) is 12.6. The SMILES string of the molecule is Cc1nn(C)c(S(=O)(=O)CCS(=O)(=O)Cl)c1[N+](=O)[O-]. The van der Waals surface area contributed by atoms with Crippen LogP contribution in [0.25, 0.3) is 0 Å². The number of nitrogens with zero attached hydrogens (tertiary/aromatic N) is 3. The lowest BCUT2D eigenvalue weighted by Crippen LogP contribution is -2.18. The molecule has 0 unspecified atom stereocenters. The van der Waals surface area contributed by atoms with Crippen molar-refractivity contribution in [1.82, 2.24) is 9.78 Å². The zero-order valence-corrected chi connectivity index (χ0v) is 12.3. The second-order valence-electron chi connectivity index (χ2n) is 3.68. The first-order valence-electron chi connectivity index (χ1n) is 4.79. The summed E-state index contributed by atoms with van der Waals surface area (Å²) in [4.78, 5) is 9.98. The molecule has 0 bridgehead atoms. The van der Waals surface area contributed by atoms with Gasteiger partial charge in [0.2, 0.25) is 23.9 Å². The summed E-state index contributed by atoms with van der Waals surface area (Å²) >= 11 is 0. The largest absolute Gasteiger partial charge is 0.328 e. The number of sulfone groups is 1. The van der Waals surface area contributed by atoms with E-state index in [0.717, 1.165) is 4.68 Å². The van der Waals surface area contributed by atoms with E-state index in [1.165, 1.54) is 14.0 Å². The van der Waals surface area contributed by atoms with Crippen LogP contribution in [0.2, 0.25) is 0 Å². The minimum Gasteiger partial charge on any atom is -0.258 e. The highest BCUT2D eigenvalue weighted by Gasteiger charge is 2.34. The van der Waals surface area contributed by atoms with Gasteiger partial charge in [-0.1, -0.05) is 0 Å². The van der Waals surface area contributed by atoms with Crippen LogP contribution in [0.1, 0.15) is 5.69 Å². The van der Waals surface area contributed by atoms with Crippen LogP contribution in [0.15, 0.2) is 5.03 Å². The Kier molecular flexibility index (Phi) is 4.22. The maximum atomic E-state index is 11.9. The number of rotatable bonds is 5. The zero-order valence-electron chi connectivity index (χ0n) is 9.90. The molecule has 9 nitrogen and oxygen atoms in total. The summed E-state index contributed by atoms with van der Waals surface area (Å²) < 4.78 is 46.3. The van der Waals surface area contributed by atoms with Crippen LogP contribution in [0, 0.1) is 17.0 Å². The molecular formula is C7H10ClN3O6S2. The fraction of sp³-hybridized carbons (Fsp3) is 0.571. The first-order chi connectivity index (χ1) is 8.46. The molecule has 12 heteroatoms. The molecular weight excluding hydrogens is 322 g/mol. The second kappa shape index (κ2) is 5.06. The molecule has 0 aliphatic rings. The molecule has 1 aromatic rings. The Morgan fingerprint density at radius 3 is 2.26 bits per heavy atom. The summed E-state index contributed by atoms with van der Waals surface area (Å²) in [5, 5.41) is 13.9. The Labute approximate surface area is 113 Å². The smallest absolute Gasteiger partial charge is 0.258 e. The van der Waals surface area contributed by atoms with Crippen LogP contribution in [-0.4, -0.2) is 43.0 Å². The van der Waals surface area contributed by atoms with Crippen LogP contribution in [-0.2, 0) is 25.9 Å². The molecule has 0 atom stereocenters. The summed E-state index contributed by atoms with van der Waals surface area (Å²) in [5.41, 5.74) is -0.728. The molecule has 1 rings (SSSR count). The van der Waals surface area contributed by atoms with Gasteiger partial charge in [-0.2, -0.15) is 5.10 Å². The van der Waals surface area contributed by atoms with E-state index in [9.17, 15) is 26.9 Å². The zero-order chi connectivity index (χ0) is 15.0. The van der Waals surface area contributed by atoms with Gasteiger partial charge >= 0.3 is 5.69 Å². The Bertz CT molecular complexity index is 720. The van der Waals surface area contributed by atoms with E-state index in [4.69, 9.17) is 10.7 Å². The summed E-state index contributed by atoms with van der Waals surface area (Å²) in [5.74, 6) is -1.68. The van der Waals surface area contributed by atoms with Gasteiger partial charge in [-0.05, 0) is 6.92 Å². The number of aryl methyl sites for hydroxylation is 2. The first kappa shape index (κ1) is 15.9. The van der Waals surface area contributed by atoms with Crippen molar-refractivity contribution in [2.45, 2.75) is 11.9 Å². The van der Waals surface area contributed by atoms with E-state index >= 15 is 0 Å². The van der Waals surface area contributed by atoms with Crippen LogP contribution in [0.4, 0.5) is 5.69 Å². The van der Waals surface area contributed by atoms with E-state index in [1.54, 1.807) is 0 Å². The Morgan fingerprint density at radius 2 is 1.84 bits per heavy atom. The maximum absolute atomic E-state index is 11.9. The maximum Gasteiger partial charge on any atom is 0.328 e. The van der Waals surface area contributed by atoms with E-state index in [-0.39, 0.29) is 5.69 Å². The van der Waals surface area contributed by atoms with Gasteiger partial charge in [-0.25, -0.2) is 16.8 Å². The summed E-state index contributed by atoms with van der Waals surface area (Å²) in [6, 6.07) is 0. The average Bonchev–Trinajstić information content (AvgIpc) is 2.50. The quantitative estimate of drug-likeness (QED) is 0.421. The Hall–Kier alpha value is -1.20. The van der Waals surface area contributed by atoms with Gasteiger partial charge in [0.25, 0.3) is 0 Å². The third-order valence-electron chi connectivity index (χ3n) is 2.21. The predicted octanol–water partition coefficient (Wildman–Crippen LogP) is -0.0210. The lowest BCUT2D eigenvalue weighted by Gasteiger charge is -2.02. The molecule has 0 fully saturated rings. The second-order valence-corrected chi connectivity index (χ2v) is 8.60. The van der Waals surface area contributed by atoms with Crippen LogP contribution in [0.3, 0.4) is 0 Å². The topological polar surface area (TPSA) is 129 Å². The average molecular weight is 332 g/mol. The molecule has 0 amide bonds. The molecule has 1 aromatic heterocycles. The summed E-state index contributed by atoms with van der Waals surface area (Å²) in [6.07, 6.45) is 0. The molecule has 0 spiro atoms. The van der Waals surface area contributed by atoms with Crippen molar-refractivity contribution in [2.75, 3.05) is 11.5 Å². The fourth-order valence-electron chi connectivity index (χ4n) is 1.49. The number of halogens is 1. The van der Waals surface area contributed by atoms with Crippen molar-refractivity contribution in [3.63, 3.8) is 0 Å². The van der Waals surface area contributed by atoms with Crippen LogP contribution in [0.5, 0.6) is 0 Å². The molecule has 0 aliphatic carbocycles. The summed E-state index contributed by atoms with van der Waals surface area (Å²) in [7, 11) is -2.04. The third kappa shape index (κ3) is 3.64. The minimum atomic E-state index is -4.18. The Balaban J connectivity index is 3.33. The van der Waals surface area contributed by atoms with E-state index in [1.807, 2.05) is 0 Å². The molecule has 108 valence electrons. The van der Waals surface area contributed by atoms with Crippen molar-refractivity contribution in [1.29, 1.82) is 0 Å². The molecule has 1 heterocycles. The van der Waals surface area contributed by atoms with Gasteiger partial charge in [0.05, 0.1) is 16.4 Å². The van der Waals surface area contributed by atoms with Gasteiger partial charge < -0.3 is 0 Å². The molecule has 0 saturated carbocycles. The number of hydrogen-bond donors (Lipinski definition) is 0. The molecule has 0 aromatic carbocycles. The van der Waals surface area contributed by atoms with Crippen molar-refractivity contribution in [3.05, 3.63) is 15.8 Å². The summed E-state index contributed by atoms with van der Waals surface area (Å²) in [6.45, 7) is 1.29. The number of hydrogen-bond acceptors (Lipinski definition) is 7. The lowest BCUT2D eigenvalue weighted by molar-refractivity contribution is -0.388. The number of aromatic nitrogens is 2. The minimum absolute atomic E-state index is 0.0696. The van der Waals surface area contributed by atoms with Crippen molar-refractivity contribution >= 4 is 35.3 Å². The highest BCUT2D eigenvalue weighted by molar-refractivity contribution is 8.14. The first-order valence-corrected chi connectivity index (χ1v) is 8.92. The highest BCUT2D eigenvalue weighted by Crippen LogP contribution is 2.27. The van der Waals surface area contributed by atoms with Gasteiger partial charge in [-0.15, -0.1) is 0 Å². The Morgan fingerprint density at radius 1 is 1.32 bits per heavy atom. The van der Waals surface area contributed by atoms with E-state index < -0.39 is 46.0 Å². The monoisotopic (exact) mass is 331 g/mol. The number of nitro groups is 1. The molecule has 0 aliphatic heterocycles. The third-order valence-corrected chi connectivity index (χ3v) is 5.41. The van der Waals surface area contributed by atoms with Crippen molar-refractivity contribution < 1.29 is 21.8 Å². The lowest BCUT2D eigenvalue weighted by atomic mass is 10.4. The molecule has 0 radical (unpaired) electrons. The van der Waals surface area contributed by atoms with Crippen molar-refractivity contribution in [3.8, 4) is 0 Å². The molecule has 19 heavy (non-hydrogen) atoms. The molecule has 0 N–H and O–H groups in total. The van der Waals surface area contributed by atoms with Gasteiger partial charge in [0, 0.05) is 17.7 Å². The van der Waals surface area contributed by atoms with Crippen LogP contribution < -0.4 is 0 Å². The van der Waals surface area contributed by atoms with Crippen LogP contribution >= 0.6 is 10.7 Å². The fourth-order valence-corrected chi connectivity index (χ4v) is 4.88. The molecule has 0 saturated heterocycles. The predicted molar refractivity (Wildman–Crippen MR) is 66.3 cm³/mol.